The number of carboxylic acids is 1. The second kappa shape index (κ2) is 9.07. The average molecular weight is 377 g/mol. The highest BCUT2D eigenvalue weighted by Crippen LogP contribution is 2.30. The van der Waals surface area contributed by atoms with Crippen LogP contribution < -0.4 is 5.32 Å². The van der Waals surface area contributed by atoms with E-state index >= 15 is 0 Å². The summed E-state index contributed by atoms with van der Waals surface area (Å²) in [6, 6.07) is 4.29. The fourth-order valence-corrected chi connectivity index (χ4v) is 2.06. The Kier molecular flexibility index (Phi) is 7.41. The molecule has 2 atom stereocenters. The maximum absolute atomic E-state index is 12.7. The summed E-state index contributed by atoms with van der Waals surface area (Å²) in [5, 5.41) is 11.4. The molecule has 1 aromatic rings. The Morgan fingerprint density at radius 3 is 2.42 bits per heavy atom. The molecule has 1 aromatic carbocycles. The zero-order chi connectivity index (χ0) is 19.9. The van der Waals surface area contributed by atoms with Crippen LogP contribution in [-0.2, 0) is 31.7 Å². The van der Waals surface area contributed by atoms with Crippen molar-refractivity contribution in [1.82, 2.24) is 5.32 Å². The molecule has 0 bridgehead atoms. The normalized spacial score (nSPS) is 13.4. The number of halogens is 3. The molecule has 0 radical (unpaired) electrons. The number of aliphatic carboxylic acids is 1. The van der Waals surface area contributed by atoms with E-state index in [9.17, 15) is 32.7 Å². The highest BCUT2D eigenvalue weighted by Gasteiger charge is 2.31. The van der Waals surface area contributed by atoms with Crippen LogP contribution in [0.4, 0.5) is 18.0 Å². The first kappa shape index (κ1) is 21.3. The summed E-state index contributed by atoms with van der Waals surface area (Å²) in [4.78, 5) is 33.5. The third kappa shape index (κ3) is 7.41. The molecule has 0 fully saturated rings. The van der Waals surface area contributed by atoms with E-state index < -0.39 is 42.0 Å². The van der Waals surface area contributed by atoms with Gasteiger partial charge in [0, 0.05) is 20.4 Å². The molecule has 0 spiro atoms. The molecule has 1 amide bonds. The smallest absolute Gasteiger partial charge is 0.416 e. The van der Waals surface area contributed by atoms with E-state index in [1.165, 1.54) is 19.1 Å². The highest BCUT2D eigenvalue weighted by molar-refractivity contribution is 5.73. The van der Waals surface area contributed by atoms with E-state index in [0.29, 0.717) is 0 Å². The number of hydrogen-bond acceptors (Lipinski definition) is 5. The zero-order valence-corrected chi connectivity index (χ0v) is 14.0. The van der Waals surface area contributed by atoms with E-state index in [1.807, 2.05) is 0 Å². The van der Waals surface area contributed by atoms with Crippen LogP contribution in [-0.4, -0.2) is 36.0 Å². The first-order valence-electron chi connectivity index (χ1n) is 7.49. The Balaban J connectivity index is 2.66. The lowest BCUT2D eigenvalue weighted by molar-refractivity contribution is -0.162. The monoisotopic (exact) mass is 377 g/mol. The van der Waals surface area contributed by atoms with Gasteiger partial charge in [-0.2, -0.15) is 13.2 Å². The minimum absolute atomic E-state index is 0.163. The predicted octanol–water partition coefficient (Wildman–Crippen LogP) is 2.58. The number of amides is 1. The van der Waals surface area contributed by atoms with Gasteiger partial charge < -0.3 is 19.9 Å². The molecule has 0 unspecified atom stereocenters. The van der Waals surface area contributed by atoms with E-state index in [1.54, 1.807) is 0 Å². The molecule has 7 nitrogen and oxygen atoms in total. The Labute approximate surface area is 147 Å². The van der Waals surface area contributed by atoms with Crippen molar-refractivity contribution in [3.63, 3.8) is 0 Å². The fourth-order valence-electron chi connectivity index (χ4n) is 2.06. The number of benzene rings is 1. The Hall–Kier alpha value is -2.78. The van der Waals surface area contributed by atoms with Crippen molar-refractivity contribution < 1.29 is 42.1 Å². The lowest BCUT2D eigenvalue weighted by atomic mass is 9.98. The van der Waals surface area contributed by atoms with E-state index in [-0.39, 0.29) is 18.5 Å². The van der Waals surface area contributed by atoms with Crippen LogP contribution in [0.1, 0.15) is 25.0 Å². The van der Waals surface area contributed by atoms with Gasteiger partial charge >= 0.3 is 24.2 Å². The molecule has 0 aromatic heterocycles. The number of nitrogens with one attached hydrogen (secondary N) is 1. The maximum Gasteiger partial charge on any atom is 0.416 e. The van der Waals surface area contributed by atoms with Crippen molar-refractivity contribution in [2.24, 2.45) is 5.92 Å². The molecule has 0 aliphatic heterocycles. The fraction of sp³-hybridized carbons (Fsp3) is 0.438. The molecule has 0 heterocycles. The van der Waals surface area contributed by atoms with Crippen molar-refractivity contribution in [2.45, 2.75) is 32.7 Å². The Morgan fingerprint density at radius 2 is 1.88 bits per heavy atom. The lowest BCUT2D eigenvalue weighted by Crippen LogP contribution is -2.36. The SMILES string of the molecule is CC(=O)O[C@@H](C)OC(=O)NC[C@H](Cc1cccc(C(F)(F)F)c1)C(=O)O. The summed E-state index contributed by atoms with van der Waals surface area (Å²) in [7, 11) is 0. The number of carboxylic acid groups (broad SMARTS) is 1. The number of rotatable bonds is 7. The zero-order valence-electron chi connectivity index (χ0n) is 14.0. The van der Waals surface area contributed by atoms with Crippen LogP contribution in [0, 0.1) is 5.92 Å². The van der Waals surface area contributed by atoms with Gasteiger partial charge in [-0.1, -0.05) is 18.2 Å². The van der Waals surface area contributed by atoms with Gasteiger partial charge in [-0.25, -0.2) is 4.79 Å². The summed E-state index contributed by atoms with van der Waals surface area (Å²) < 4.78 is 47.4. The largest absolute Gasteiger partial charge is 0.481 e. The van der Waals surface area contributed by atoms with Gasteiger partial charge in [0.05, 0.1) is 11.5 Å². The molecule has 26 heavy (non-hydrogen) atoms. The molecular formula is C16H18F3NO6. The third-order valence-electron chi connectivity index (χ3n) is 3.18. The van der Waals surface area contributed by atoms with Crippen molar-refractivity contribution in [1.29, 1.82) is 0 Å². The average Bonchev–Trinajstić information content (AvgIpc) is 2.49. The molecule has 144 valence electrons. The maximum atomic E-state index is 12.7. The lowest BCUT2D eigenvalue weighted by Gasteiger charge is -2.16. The summed E-state index contributed by atoms with van der Waals surface area (Å²) in [6.07, 6.45) is -6.95. The molecule has 10 heteroatoms. The number of ether oxygens (including phenoxy) is 2. The number of esters is 1. The van der Waals surface area contributed by atoms with Crippen LogP contribution in [0.3, 0.4) is 0 Å². The van der Waals surface area contributed by atoms with Crippen LogP contribution in [0.15, 0.2) is 24.3 Å². The standard InChI is InChI=1S/C16H18F3NO6/c1-9(21)25-10(2)26-15(24)20-8-12(14(22)23)6-11-4-3-5-13(7-11)16(17,18)19/h3-5,7,10,12H,6,8H2,1-2H3,(H,20,24)(H,22,23)/t10-,12+/m1/s1. The number of alkyl carbamates (subject to hydrolysis) is 1. The van der Waals surface area contributed by atoms with Crippen LogP contribution in [0.25, 0.3) is 0 Å². The molecular weight excluding hydrogens is 359 g/mol. The van der Waals surface area contributed by atoms with Crippen molar-refractivity contribution in [3.8, 4) is 0 Å². The second-order valence-electron chi connectivity index (χ2n) is 5.40. The number of carbonyl (C=O) groups is 3. The van der Waals surface area contributed by atoms with Gasteiger partial charge in [0.1, 0.15) is 0 Å². The molecule has 0 aliphatic carbocycles. The van der Waals surface area contributed by atoms with E-state index in [2.05, 4.69) is 14.8 Å². The quantitative estimate of drug-likeness (QED) is 0.559. The number of carbonyl (C=O) groups excluding carboxylic acids is 2. The second-order valence-corrected chi connectivity index (χ2v) is 5.40. The van der Waals surface area contributed by atoms with Crippen LogP contribution >= 0.6 is 0 Å². The van der Waals surface area contributed by atoms with Gasteiger partial charge in [0.2, 0.25) is 6.29 Å². The summed E-state index contributed by atoms with van der Waals surface area (Å²) >= 11 is 0. The highest BCUT2D eigenvalue weighted by atomic mass is 19.4. The van der Waals surface area contributed by atoms with E-state index in [4.69, 9.17) is 0 Å². The summed E-state index contributed by atoms with van der Waals surface area (Å²) in [5.74, 6) is -3.14. The molecule has 1 rings (SSSR count). The molecule has 0 saturated carbocycles. The van der Waals surface area contributed by atoms with Crippen LogP contribution in [0.5, 0.6) is 0 Å². The number of alkyl halides is 3. The molecule has 2 N–H and O–H groups in total. The van der Waals surface area contributed by atoms with Crippen molar-refractivity contribution >= 4 is 18.0 Å². The minimum atomic E-state index is -4.54. The van der Waals surface area contributed by atoms with Crippen molar-refractivity contribution in [3.05, 3.63) is 35.4 Å². The topological polar surface area (TPSA) is 102 Å². The third-order valence-corrected chi connectivity index (χ3v) is 3.18. The van der Waals surface area contributed by atoms with Gasteiger partial charge in [-0.15, -0.1) is 0 Å². The first-order valence-corrected chi connectivity index (χ1v) is 7.49. The Bertz CT molecular complexity index is 662. The minimum Gasteiger partial charge on any atom is -0.481 e. The summed E-state index contributed by atoms with van der Waals surface area (Å²) in [6.45, 7) is 2.03. The van der Waals surface area contributed by atoms with Crippen molar-refractivity contribution in [2.75, 3.05) is 6.54 Å². The number of hydrogen-bond donors (Lipinski definition) is 2. The first-order chi connectivity index (χ1) is 12.0. The van der Waals surface area contributed by atoms with Gasteiger partial charge in [-0.3, -0.25) is 9.59 Å². The molecule has 0 saturated heterocycles. The van der Waals surface area contributed by atoms with Gasteiger partial charge in [0.25, 0.3) is 0 Å². The van der Waals surface area contributed by atoms with Gasteiger partial charge in [-0.05, 0) is 18.1 Å². The van der Waals surface area contributed by atoms with E-state index in [0.717, 1.165) is 19.1 Å². The van der Waals surface area contributed by atoms with Crippen LogP contribution in [0.2, 0.25) is 0 Å². The van der Waals surface area contributed by atoms with Gasteiger partial charge in [0.15, 0.2) is 0 Å². The predicted molar refractivity (Wildman–Crippen MR) is 82.0 cm³/mol. The Morgan fingerprint density at radius 1 is 1.23 bits per heavy atom. The summed E-state index contributed by atoms with van der Waals surface area (Å²) in [5.41, 5.74) is -0.725. The molecule has 0 aliphatic rings.